The summed E-state index contributed by atoms with van der Waals surface area (Å²) in [6.45, 7) is 5.06. The fourth-order valence-electron chi connectivity index (χ4n) is 3.00. The Balaban J connectivity index is 1.68. The third kappa shape index (κ3) is 4.43. The first-order valence-corrected chi connectivity index (χ1v) is 9.54. The van der Waals surface area contributed by atoms with Crippen molar-refractivity contribution >= 4 is 17.7 Å². The van der Waals surface area contributed by atoms with Crippen molar-refractivity contribution in [2.75, 3.05) is 32.6 Å². The van der Waals surface area contributed by atoms with Gasteiger partial charge < -0.3 is 14.1 Å². The molecule has 1 atom stereocenters. The molecule has 1 fully saturated rings. The van der Waals surface area contributed by atoms with Crippen LogP contribution in [-0.2, 0) is 16.1 Å². The third-order valence-electron chi connectivity index (χ3n) is 4.31. The van der Waals surface area contributed by atoms with E-state index in [4.69, 9.17) is 9.15 Å². The van der Waals surface area contributed by atoms with Crippen molar-refractivity contribution in [1.29, 1.82) is 0 Å². The summed E-state index contributed by atoms with van der Waals surface area (Å²) in [5.41, 5.74) is 0. The normalized spacial score (nSPS) is 17.8. The predicted molar refractivity (Wildman–Crippen MR) is 95.3 cm³/mol. The van der Waals surface area contributed by atoms with Crippen molar-refractivity contribution in [2.45, 2.75) is 31.5 Å². The second-order valence-electron chi connectivity index (χ2n) is 6.30. The number of aromatic nitrogens is 3. The molecule has 2 aromatic heterocycles. The number of methoxy groups -OCH3 is 1. The second-order valence-corrected chi connectivity index (χ2v) is 7.25. The molecule has 3 rings (SSSR count). The smallest absolute Gasteiger partial charge is 0.233 e. The molecule has 1 aliphatic rings. The molecular formula is C17H24N4O3S. The number of amides is 1. The Morgan fingerprint density at radius 3 is 3.08 bits per heavy atom. The maximum Gasteiger partial charge on any atom is 0.233 e. The number of likely N-dealkylation sites (tertiary alicyclic amines) is 1. The highest BCUT2D eigenvalue weighted by Gasteiger charge is 2.22. The van der Waals surface area contributed by atoms with Crippen LogP contribution < -0.4 is 0 Å². The summed E-state index contributed by atoms with van der Waals surface area (Å²) < 4.78 is 12.6. The van der Waals surface area contributed by atoms with Gasteiger partial charge in [0.25, 0.3) is 0 Å². The monoisotopic (exact) mass is 364 g/mol. The maximum atomic E-state index is 12.5. The van der Waals surface area contributed by atoms with Crippen molar-refractivity contribution in [3.05, 3.63) is 18.4 Å². The van der Waals surface area contributed by atoms with Crippen LogP contribution in [0, 0.1) is 5.92 Å². The predicted octanol–water partition coefficient (Wildman–Crippen LogP) is 2.54. The molecule has 3 heterocycles. The minimum Gasteiger partial charge on any atom is -0.461 e. The minimum atomic E-state index is 0.164. The SMILES string of the molecule is COCCn1c(SCC(=O)N2CCC[C@@H](C)C2)nnc1-c1ccco1. The van der Waals surface area contributed by atoms with E-state index < -0.39 is 0 Å². The number of hydrogen-bond donors (Lipinski definition) is 0. The van der Waals surface area contributed by atoms with Crippen molar-refractivity contribution in [3.8, 4) is 11.6 Å². The molecule has 1 saturated heterocycles. The van der Waals surface area contributed by atoms with Crippen molar-refractivity contribution in [1.82, 2.24) is 19.7 Å². The van der Waals surface area contributed by atoms with Crippen LogP contribution in [0.2, 0.25) is 0 Å². The van der Waals surface area contributed by atoms with Crippen LogP contribution >= 0.6 is 11.8 Å². The van der Waals surface area contributed by atoms with E-state index >= 15 is 0 Å². The average Bonchev–Trinajstić information content (AvgIpc) is 3.27. The molecule has 2 aromatic rings. The number of piperidine rings is 1. The number of thioether (sulfide) groups is 1. The molecule has 8 heteroatoms. The lowest BCUT2D eigenvalue weighted by atomic mass is 10.0. The molecule has 7 nitrogen and oxygen atoms in total. The van der Waals surface area contributed by atoms with E-state index in [1.807, 2.05) is 21.6 Å². The van der Waals surface area contributed by atoms with E-state index in [-0.39, 0.29) is 5.91 Å². The van der Waals surface area contributed by atoms with Crippen molar-refractivity contribution in [2.24, 2.45) is 5.92 Å². The van der Waals surface area contributed by atoms with E-state index in [0.717, 1.165) is 19.5 Å². The van der Waals surface area contributed by atoms with Gasteiger partial charge in [0.15, 0.2) is 10.9 Å². The number of rotatable bonds is 7. The Hall–Kier alpha value is -1.80. The summed E-state index contributed by atoms with van der Waals surface area (Å²) in [5, 5.41) is 9.19. The molecule has 0 N–H and O–H groups in total. The number of carbonyl (C=O) groups excluding carboxylic acids is 1. The van der Waals surface area contributed by atoms with E-state index in [2.05, 4.69) is 17.1 Å². The van der Waals surface area contributed by atoms with Crippen LogP contribution in [0.5, 0.6) is 0 Å². The topological polar surface area (TPSA) is 73.4 Å². The Labute approximate surface area is 151 Å². The van der Waals surface area contributed by atoms with E-state index in [0.29, 0.717) is 41.6 Å². The molecule has 0 spiro atoms. The average molecular weight is 364 g/mol. The van der Waals surface area contributed by atoms with Crippen LogP contribution in [0.15, 0.2) is 28.0 Å². The van der Waals surface area contributed by atoms with Gasteiger partial charge in [0.05, 0.1) is 25.2 Å². The van der Waals surface area contributed by atoms with E-state index in [1.54, 1.807) is 13.4 Å². The number of carbonyl (C=O) groups is 1. The molecule has 0 unspecified atom stereocenters. The van der Waals surface area contributed by atoms with Crippen LogP contribution in [-0.4, -0.2) is 58.1 Å². The number of hydrogen-bond acceptors (Lipinski definition) is 6. The van der Waals surface area contributed by atoms with Gasteiger partial charge in [-0.15, -0.1) is 10.2 Å². The molecule has 1 amide bonds. The third-order valence-corrected chi connectivity index (χ3v) is 5.26. The van der Waals surface area contributed by atoms with Gasteiger partial charge in [-0.1, -0.05) is 18.7 Å². The fraction of sp³-hybridized carbons (Fsp3) is 0.588. The molecule has 0 aromatic carbocycles. The first-order chi connectivity index (χ1) is 12.2. The molecule has 0 radical (unpaired) electrons. The summed E-state index contributed by atoms with van der Waals surface area (Å²) in [4.78, 5) is 14.4. The van der Waals surface area contributed by atoms with Crippen LogP contribution in [0.25, 0.3) is 11.6 Å². The zero-order valence-electron chi connectivity index (χ0n) is 14.7. The van der Waals surface area contributed by atoms with Gasteiger partial charge in [-0.3, -0.25) is 9.36 Å². The largest absolute Gasteiger partial charge is 0.461 e. The molecule has 0 saturated carbocycles. The van der Waals surface area contributed by atoms with Crippen LogP contribution in [0.4, 0.5) is 0 Å². The summed E-state index contributed by atoms with van der Waals surface area (Å²) in [5.74, 6) is 2.43. The number of furan rings is 1. The Kier molecular flexibility index (Phi) is 6.14. The standard InChI is InChI=1S/C17H24N4O3S/c1-13-5-3-7-20(11-13)15(22)12-25-17-19-18-16(14-6-4-9-24-14)21(17)8-10-23-2/h4,6,9,13H,3,5,7-8,10-12H2,1-2H3/t13-/m1/s1. The van der Waals surface area contributed by atoms with Gasteiger partial charge in [-0.05, 0) is 30.9 Å². The molecule has 136 valence electrons. The number of ether oxygens (including phenoxy) is 1. The zero-order chi connectivity index (χ0) is 17.6. The van der Waals surface area contributed by atoms with E-state index in [1.165, 1.54) is 18.2 Å². The quantitative estimate of drug-likeness (QED) is 0.703. The highest BCUT2D eigenvalue weighted by atomic mass is 32.2. The zero-order valence-corrected chi connectivity index (χ0v) is 15.5. The van der Waals surface area contributed by atoms with Gasteiger partial charge in [-0.25, -0.2) is 0 Å². The second kappa shape index (κ2) is 8.53. The first-order valence-electron chi connectivity index (χ1n) is 8.55. The summed E-state index contributed by atoms with van der Waals surface area (Å²) in [6.07, 6.45) is 3.90. The maximum absolute atomic E-state index is 12.5. The Morgan fingerprint density at radius 2 is 2.36 bits per heavy atom. The van der Waals surface area contributed by atoms with Crippen LogP contribution in [0.1, 0.15) is 19.8 Å². The number of nitrogens with zero attached hydrogens (tertiary/aromatic N) is 4. The van der Waals surface area contributed by atoms with Crippen LogP contribution in [0.3, 0.4) is 0 Å². The Bertz CT molecular complexity index is 686. The van der Waals surface area contributed by atoms with Gasteiger partial charge >= 0.3 is 0 Å². The lowest BCUT2D eigenvalue weighted by molar-refractivity contribution is -0.130. The molecular weight excluding hydrogens is 340 g/mol. The van der Waals surface area contributed by atoms with Gasteiger partial charge in [-0.2, -0.15) is 0 Å². The van der Waals surface area contributed by atoms with Gasteiger partial charge in [0.2, 0.25) is 11.7 Å². The highest BCUT2D eigenvalue weighted by molar-refractivity contribution is 7.99. The van der Waals surface area contributed by atoms with E-state index in [9.17, 15) is 4.79 Å². The van der Waals surface area contributed by atoms with Gasteiger partial charge in [0, 0.05) is 20.2 Å². The van der Waals surface area contributed by atoms with Crippen molar-refractivity contribution < 1.29 is 13.9 Å². The molecule has 0 aliphatic carbocycles. The van der Waals surface area contributed by atoms with Crippen molar-refractivity contribution in [3.63, 3.8) is 0 Å². The first kappa shape index (κ1) is 18.0. The summed E-state index contributed by atoms with van der Waals surface area (Å²) >= 11 is 1.42. The minimum absolute atomic E-state index is 0.164. The highest BCUT2D eigenvalue weighted by Crippen LogP contribution is 2.25. The lowest BCUT2D eigenvalue weighted by Crippen LogP contribution is -2.40. The summed E-state index contributed by atoms with van der Waals surface area (Å²) in [6, 6.07) is 3.67. The van der Waals surface area contributed by atoms with Gasteiger partial charge in [0.1, 0.15) is 0 Å². The molecule has 1 aliphatic heterocycles. The molecule has 0 bridgehead atoms. The lowest BCUT2D eigenvalue weighted by Gasteiger charge is -2.30. The Morgan fingerprint density at radius 1 is 1.48 bits per heavy atom. The fourth-order valence-corrected chi connectivity index (χ4v) is 3.87. The summed E-state index contributed by atoms with van der Waals surface area (Å²) in [7, 11) is 1.66. The molecule has 25 heavy (non-hydrogen) atoms.